The lowest BCUT2D eigenvalue weighted by molar-refractivity contribution is -0.161. The molecule has 0 aromatic carbocycles. The van der Waals surface area contributed by atoms with Crippen molar-refractivity contribution in [3.63, 3.8) is 0 Å². The summed E-state index contributed by atoms with van der Waals surface area (Å²) in [5, 5.41) is 0. The van der Waals surface area contributed by atoms with Gasteiger partial charge >= 0.3 is 19.8 Å². The highest BCUT2D eigenvalue weighted by Crippen LogP contribution is 2.43. The molecule has 2 unspecified atom stereocenters. The molecule has 73 heavy (non-hydrogen) atoms. The van der Waals surface area contributed by atoms with Gasteiger partial charge in [0.25, 0.3) is 0 Å². The Kier molecular flexibility index (Phi) is 55.3. The highest BCUT2D eigenvalue weighted by Gasteiger charge is 2.26. The largest absolute Gasteiger partial charge is 0.472 e. The summed E-state index contributed by atoms with van der Waals surface area (Å²) in [7, 11) is -4.40. The maximum atomic E-state index is 12.7. The number of unbranched alkanes of at least 4 members (excludes halogenated alkanes) is 23. The molecule has 0 aliphatic heterocycles. The Hall–Kier alpha value is -3.33. The minimum Gasteiger partial charge on any atom is -0.462 e. The zero-order chi connectivity index (χ0) is 53.1. The van der Waals surface area contributed by atoms with Gasteiger partial charge in [0.2, 0.25) is 0 Å². The number of ether oxygens (including phenoxy) is 2. The number of carbonyl (C=O) groups is 2. The van der Waals surface area contributed by atoms with Crippen LogP contribution in [0.4, 0.5) is 0 Å². The number of hydrogen-bond donors (Lipinski definition) is 2. The zero-order valence-electron chi connectivity index (χ0n) is 46.6. The summed E-state index contributed by atoms with van der Waals surface area (Å²) in [5.74, 6) is -0.845. The van der Waals surface area contributed by atoms with Crippen molar-refractivity contribution >= 4 is 19.8 Å². The van der Waals surface area contributed by atoms with Gasteiger partial charge in [-0.3, -0.25) is 18.6 Å². The van der Waals surface area contributed by atoms with E-state index in [2.05, 4.69) is 123 Å². The van der Waals surface area contributed by atoms with Gasteiger partial charge in [0.15, 0.2) is 6.10 Å². The summed E-state index contributed by atoms with van der Waals surface area (Å²) in [5.41, 5.74) is 5.38. The Morgan fingerprint density at radius 3 is 1.12 bits per heavy atom. The number of nitrogens with two attached hydrogens (primary N) is 1. The van der Waals surface area contributed by atoms with Crippen molar-refractivity contribution < 1.29 is 37.6 Å². The van der Waals surface area contributed by atoms with E-state index in [1.165, 1.54) is 103 Å². The monoisotopic (exact) mass is 1040 g/mol. The molecule has 0 saturated heterocycles. The van der Waals surface area contributed by atoms with Crippen LogP contribution >= 0.6 is 7.82 Å². The smallest absolute Gasteiger partial charge is 0.462 e. The van der Waals surface area contributed by atoms with E-state index in [0.29, 0.717) is 12.8 Å². The van der Waals surface area contributed by atoms with Gasteiger partial charge in [0.1, 0.15) is 6.61 Å². The normalized spacial score (nSPS) is 13.9. The number of phosphoric ester groups is 1. The lowest BCUT2D eigenvalue weighted by Gasteiger charge is -2.19. The van der Waals surface area contributed by atoms with E-state index in [4.69, 9.17) is 24.3 Å². The second-order valence-electron chi connectivity index (χ2n) is 19.1. The molecule has 9 nitrogen and oxygen atoms in total. The fraction of sp³-hybridized carbons (Fsp3) is 0.683. The molecule has 0 aliphatic rings. The first-order valence-electron chi connectivity index (χ1n) is 29.4. The van der Waals surface area contributed by atoms with Crippen LogP contribution in [0.15, 0.2) is 109 Å². The van der Waals surface area contributed by atoms with Gasteiger partial charge in [-0.2, -0.15) is 0 Å². The van der Waals surface area contributed by atoms with Crippen molar-refractivity contribution in [3.05, 3.63) is 109 Å². The van der Waals surface area contributed by atoms with Crippen LogP contribution < -0.4 is 5.73 Å². The van der Waals surface area contributed by atoms with Crippen LogP contribution in [0.2, 0.25) is 0 Å². The molecule has 10 heteroatoms. The van der Waals surface area contributed by atoms with E-state index >= 15 is 0 Å². The van der Waals surface area contributed by atoms with Crippen molar-refractivity contribution in [3.8, 4) is 0 Å². The van der Waals surface area contributed by atoms with Gasteiger partial charge in [0, 0.05) is 19.4 Å². The molecule has 418 valence electrons. The molecule has 3 N–H and O–H groups in total. The molecular formula is C63H108NO8P. The molecule has 2 atom stereocenters. The van der Waals surface area contributed by atoms with Crippen molar-refractivity contribution in [1.29, 1.82) is 0 Å². The van der Waals surface area contributed by atoms with E-state index in [0.717, 1.165) is 103 Å². The molecule has 0 aromatic heterocycles. The Bertz CT molecular complexity index is 1560. The third-order valence-electron chi connectivity index (χ3n) is 12.1. The summed E-state index contributed by atoms with van der Waals surface area (Å²) in [4.78, 5) is 35.2. The minimum absolute atomic E-state index is 0.0470. The van der Waals surface area contributed by atoms with Gasteiger partial charge in [-0.15, -0.1) is 0 Å². The summed E-state index contributed by atoms with van der Waals surface area (Å²) < 4.78 is 33.0. The number of hydrogen-bond acceptors (Lipinski definition) is 8. The molecule has 0 amide bonds. The average Bonchev–Trinajstić information content (AvgIpc) is 3.38. The first-order chi connectivity index (χ1) is 35.8. The van der Waals surface area contributed by atoms with Crippen molar-refractivity contribution in [2.75, 3.05) is 26.4 Å². The Balaban J connectivity index is 3.97. The highest BCUT2D eigenvalue weighted by atomic mass is 31.2. The number of esters is 2. The van der Waals surface area contributed by atoms with Crippen LogP contribution in [0.3, 0.4) is 0 Å². The van der Waals surface area contributed by atoms with Crippen LogP contribution in [0.25, 0.3) is 0 Å². The lowest BCUT2D eigenvalue weighted by Crippen LogP contribution is -2.29. The van der Waals surface area contributed by atoms with Crippen LogP contribution in [0.1, 0.15) is 245 Å². The quantitative estimate of drug-likeness (QED) is 0.0264. The van der Waals surface area contributed by atoms with Crippen molar-refractivity contribution in [2.45, 2.75) is 251 Å². The SMILES string of the molecule is CC/C=C\C/C=C\C/C=C\C/C=C\C/C=C\C/C=C\CCCCCCCCCCCCCCCCC(=O)OC(COC(=O)CCCCCCCC/C=C\C/C=C\C/C=C\CCCCC)COP(=O)(O)OCCN. The molecule has 0 aromatic rings. The topological polar surface area (TPSA) is 134 Å². The van der Waals surface area contributed by atoms with E-state index in [1.807, 2.05) is 0 Å². The molecule has 0 bridgehead atoms. The Labute approximate surface area is 448 Å². The molecule has 0 aliphatic carbocycles. The molecular weight excluding hydrogens is 930 g/mol. The predicted octanol–water partition coefficient (Wildman–Crippen LogP) is 18.6. The molecule has 0 radical (unpaired) electrons. The van der Waals surface area contributed by atoms with Crippen LogP contribution in [0, 0.1) is 0 Å². The molecule has 0 heterocycles. The van der Waals surface area contributed by atoms with Gasteiger partial charge in [-0.05, 0) is 103 Å². The summed E-state index contributed by atoms with van der Waals surface area (Å²) in [6.07, 6.45) is 78.5. The average molecular weight is 1040 g/mol. The first kappa shape index (κ1) is 69.7. The molecule has 0 spiro atoms. The van der Waals surface area contributed by atoms with Crippen molar-refractivity contribution in [1.82, 2.24) is 0 Å². The zero-order valence-corrected chi connectivity index (χ0v) is 47.5. The van der Waals surface area contributed by atoms with Crippen LogP contribution in [-0.4, -0.2) is 49.3 Å². The Morgan fingerprint density at radius 2 is 0.753 bits per heavy atom. The lowest BCUT2D eigenvalue weighted by atomic mass is 10.0. The highest BCUT2D eigenvalue weighted by molar-refractivity contribution is 7.47. The van der Waals surface area contributed by atoms with Gasteiger partial charge in [-0.1, -0.05) is 239 Å². The number of rotatable bonds is 54. The third kappa shape index (κ3) is 57.8. The second-order valence-corrected chi connectivity index (χ2v) is 20.6. The Morgan fingerprint density at radius 1 is 0.425 bits per heavy atom. The number of allylic oxidation sites excluding steroid dienone is 18. The van der Waals surface area contributed by atoms with E-state index < -0.39 is 32.5 Å². The fourth-order valence-electron chi connectivity index (χ4n) is 7.82. The maximum Gasteiger partial charge on any atom is 0.472 e. The van der Waals surface area contributed by atoms with E-state index in [-0.39, 0.29) is 32.6 Å². The summed E-state index contributed by atoms with van der Waals surface area (Å²) in [6, 6.07) is 0. The second kappa shape index (κ2) is 57.9. The van der Waals surface area contributed by atoms with E-state index in [1.54, 1.807) is 0 Å². The maximum absolute atomic E-state index is 12.7. The number of carbonyl (C=O) groups excluding carboxylic acids is 2. The van der Waals surface area contributed by atoms with Crippen LogP contribution in [0.5, 0.6) is 0 Å². The minimum atomic E-state index is -4.40. The third-order valence-corrected chi connectivity index (χ3v) is 13.1. The van der Waals surface area contributed by atoms with Crippen LogP contribution in [-0.2, 0) is 32.7 Å². The molecule has 0 rings (SSSR count). The predicted molar refractivity (Wildman–Crippen MR) is 311 cm³/mol. The van der Waals surface area contributed by atoms with E-state index in [9.17, 15) is 19.0 Å². The standard InChI is InChI=1S/C63H108NO8P/c1-3-5-7-9-11-13-15-17-19-21-23-24-25-26-27-28-29-30-31-32-33-34-35-36-38-40-42-44-46-48-50-52-54-56-63(66)72-61(60-71-73(67,68)70-58-57-64)59-69-62(65)55-53-51-49-47-45-43-41-39-37-22-20-18-16-14-12-10-8-6-4-2/h5,7,11-14,17-20,23-24,26-27,29-30,37,39,61H,3-4,6,8-10,15-16,21-22,25,28,31-36,38,40-60,64H2,1-2H3,(H,67,68)/b7-5-,13-11-,14-12-,19-17-,20-18-,24-23-,27-26-,30-29-,39-37-. The van der Waals surface area contributed by atoms with Crippen molar-refractivity contribution in [2.24, 2.45) is 5.73 Å². The summed E-state index contributed by atoms with van der Waals surface area (Å²) in [6.45, 7) is 3.59. The first-order valence-corrected chi connectivity index (χ1v) is 30.9. The molecule has 0 fully saturated rings. The molecule has 0 saturated carbocycles. The van der Waals surface area contributed by atoms with Gasteiger partial charge in [-0.25, -0.2) is 4.57 Å². The number of phosphoric acid groups is 1. The van der Waals surface area contributed by atoms with Gasteiger partial charge < -0.3 is 20.1 Å². The fourth-order valence-corrected chi connectivity index (χ4v) is 8.59. The van der Waals surface area contributed by atoms with Gasteiger partial charge in [0.05, 0.1) is 13.2 Å². The summed E-state index contributed by atoms with van der Waals surface area (Å²) >= 11 is 0.